The summed E-state index contributed by atoms with van der Waals surface area (Å²) in [7, 11) is 0. The van der Waals surface area contributed by atoms with E-state index in [1.807, 2.05) is 0 Å². The molecule has 21 heteroatoms. The first kappa shape index (κ1) is 44.7. The number of amides is 6. The van der Waals surface area contributed by atoms with Gasteiger partial charge in [-0.05, 0) is 50.3 Å². The number of ether oxygens (including phenoxy) is 4. The second-order valence-corrected chi connectivity index (χ2v) is 16.0. The van der Waals surface area contributed by atoms with Crippen molar-refractivity contribution in [2.75, 3.05) is 76.6 Å². The molecule has 4 aromatic rings. The van der Waals surface area contributed by atoms with Crippen molar-refractivity contribution in [3.63, 3.8) is 0 Å². The third kappa shape index (κ3) is 10.7. The van der Waals surface area contributed by atoms with Gasteiger partial charge in [-0.2, -0.15) is 15.0 Å². The van der Waals surface area contributed by atoms with Gasteiger partial charge in [-0.3, -0.25) is 39.0 Å². The number of nitrogens with zero attached hydrogens (tertiary/aromatic N) is 6. The average molecular weight is 892 g/mol. The number of carbonyl (C=O) groups is 6. The Balaban J connectivity index is 0.635. The summed E-state index contributed by atoms with van der Waals surface area (Å²) < 4.78 is 23.8. The maximum atomic E-state index is 13.4. The fraction of sp³-hybridized carbons (Fsp3) is 0.455. The highest BCUT2D eigenvalue weighted by molar-refractivity contribution is 6.25. The summed E-state index contributed by atoms with van der Waals surface area (Å²) in [5, 5.41) is 29.0. The summed E-state index contributed by atoms with van der Waals surface area (Å²) in [4.78, 5) is 86.0. The standard InChI is InChI=1S/C44H49N11O10/c45-22-26-18-28-24-50-55(39(28)49-23-26)36-21-34(51-29-4-5-29)32(25-48-36)41(58)52-30-19-27(20-30)40(57)47-9-11-63-13-15-65-17-16-64-14-12-62-10-8-46-33-3-1-2-31-38(33)44(61)54(43(31)60)35-6-7-37(56)53-42(35)59/h1-3,18,21,23-25,27,29-30,35,46H,4-17,19-20H2,(H,47,57)(H,48,51)(H,52,58)(H,53,56,59). The quantitative estimate of drug-likeness (QED) is 0.0521. The first-order valence-electron chi connectivity index (χ1n) is 21.7. The second kappa shape index (κ2) is 20.8. The van der Waals surface area contributed by atoms with Crippen LogP contribution in [-0.2, 0) is 33.3 Å². The number of nitriles is 1. The van der Waals surface area contributed by atoms with Crippen LogP contribution in [0.25, 0.3) is 16.9 Å². The van der Waals surface area contributed by atoms with Crippen molar-refractivity contribution >= 4 is 57.9 Å². The Bertz CT molecular complexity index is 2500. The number of fused-ring (bicyclic) bond motifs is 2. The smallest absolute Gasteiger partial charge is 0.264 e. The number of rotatable bonds is 23. The largest absolute Gasteiger partial charge is 0.382 e. The predicted molar refractivity (Wildman–Crippen MR) is 230 cm³/mol. The van der Waals surface area contributed by atoms with Gasteiger partial charge >= 0.3 is 0 Å². The van der Waals surface area contributed by atoms with Crippen molar-refractivity contribution in [3.8, 4) is 11.9 Å². The van der Waals surface area contributed by atoms with Crippen molar-refractivity contribution in [2.45, 2.75) is 56.7 Å². The minimum absolute atomic E-state index is 0.0516. The Morgan fingerprint density at radius 3 is 2.25 bits per heavy atom. The normalized spacial score (nSPS) is 19.1. The highest BCUT2D eigenvalue weighted by Crippen LogP contribution is 2.33. The van der Waals surface area contributed by atoms with E-state index in [2.05, 4.69) is 47.7 Å². The van der Waals surface area contributed by atoms with Gasteiger partial charge in [-0.25, -0.2) is 9.97 Å². The average Bonchev–Trinajstić information content (AvgIpc) is 3.95. The molecule has 5 N–H and O–H groups in total. The molecule has 0 bridgehead atoms. The molecule has 1 unspecified atom stereocenters. The van der Waals surface area contributed by atoms with E-state index in [1.54, 1.807) is 41.2 Å². The molecule has 0 spiro atoms. The van der Waals surface area contributed by atoms with Crippen LogP contribution >= 0.6 is 0 Å². The van der Waals surface area contributed by atoms with E-state index in [-0.39, 0.29) is 53.8 Å². The molecule has 0 radical (unpaired) electrons. The zero-order chi connectivity index (χ0) is 45.3. The van der Waals surface area contributed by atoms with Gasteiger partial charge in [-0.1, -0.05) is 6.07 Å². The number of piperidine rings is 1. The zero-order valence-electron chi connectivity index (χ0n) is 35.5. The Hall–Kier alpha value is -6.86. The van der Waals surface area contributed by atoms with Gasteiger partial charge in [0, 0.05) is 67.0 Å². The predicted octanol–water partition coefficient (Wildman–Crippen LogP) is 1.47. The number of pyridine rings is 2. The summed E-state index contributed by atoms with van der Waals surface area (Å²) in [5.74, 6) is -2.28. The van der Waals surface area contributed by atoms with Crippen LogP contribution in [0, 0.1) is 17.2 Å². The highest BCUT2D eigenvalue weighted by Gasteiger charge is 2.45. The van der Waals surface area contributed by atoms with E-state index in [4.69, 9.17) is 18.9 Å². The molecular weight excluding hydrogens is 843 g/mol. The lowest BCUT2D eigenvalue weighted by molar-refractivity contribution is -0.136. The molecule has 3 aromatic heterocycles. The van der Waals surface area contributed by atoms with Crippen LogP contribution in [-0.4, -0.2) is 144 Å². The molecule has 2 saturated carbocycles. The summed E-state index contributed by atoms with van der Waals surface area (Å²) in [6.45, 7) is 3.50. The number of aromatic nitrogens is 4. The van der Waals surface area contributed by atoms with E-state index >= 15 is 0 Å². The van der Waals surface area contributed by atoms with E-state index in [1.165, 1.54) is 12.4 Å². The van der Waals surface area contributed by atoms with E-state index in [9.17, 15) is 34.0 Å². The lowest BCUT2D eigenvalue weighted by atomic mass is 9.79. The molecule has 1 aromatic carbocycles. The fourth-order valence-electron chi connectivity index (χ4n) is 7.74. The molecule has 21 nitrogen and oxygen atoms in total. The molecule has 1 atom stereocenters. The Labute approximate surface area is 372 Å². The third-order valence-corrected chi connectivity index (χ3v) is 11.4. The van der Waals surface area contributed by atoms with Crippen LogP contribution in [0.1, 0.15) is 75.2 Å². The topological polar surface area (TPSA) is 270 Å². The lowest BCUT2D eigenvalue weighted by Gasteiger charge is -2.34. The fourth-order valence-corrected chi connectivity index (χ4v) is 7.74. The number of hydrogen-bond acceptors (Lipinski definition) is 16. The van der Waals surface area contributed by atoms with Crippen molar-refractivity contribution in [2.24, 2.45) is 5.92 Å². The number of benzene rings is 1. The van der Waals surface area contributed by atoms with Gasteiger partial charge < -0.3 is 40.2 Å². The number of imide groups is 2. The van der Waals surface area contributed by atoms with Gasteiger partial charge in [0.2, 0.25) is 17.7 Å². The minimum Gasteiger partial charge on any atom is -0.382 e. The molecule has 3 fully saturated rings. The summed E-state index contributed by atoms with van der Waals surface area (Å²) in [6.07, 6.45) is 7.85. The molecule has 1 saturated heterocycles. The molecular formula is C44H49N11O10. The van der Waals surface area contributed by atoms with Crippen LogP contribution in [0.3, 0.4) is 0 Å². The summed E-state index contributed by atoms with van der Waals surface area (Å²) in [5.41, 5.74) is 2.89. The Morgan fingerprint density at radius 1 is 0.815 bits per heavy atom. The zero-order valence-corrected chi connectivity index (χ0v) is 35.5. The maximum absolute atomic E-state index is 13.4. The van der Waals surface area contributed by atoms with Crippen LogP contribution in [0.2, 0.25) is 0 Å². The van der Waals surface area contributed by atoms with Crippen molar-refractivity contribution < 1.29 is 47.7 Å². The summed E-state index contributed by atoms with van der Waals surface area (Å²) >= 11 is 0. The van der Waals surface area contributed by atoms with Crippen LogP contribution in [0.15, 0.2) is 48.9 Å². The molecule has 6 amide bonds. The third-order valence-electron chi connectivity index (χ3n) is 11.4. The van der Waals surface area contributed by atoms with Gasteiger partial charge in [-0.15, -0.1) is 0 Å². The minimum atomic E-state index is -1.03. The van der Waals surface area contributed by atoms with Crippen LogP contribution < -0.4 is 26.6 Å². The van der Waals surface area contributed by atoms with Crippen LogP contribution in [0.5, 0.6) is 0 Å². The van der Waals surface area contributed by atoms with Crippen molar-refractivity contribution in [1.29, 1.82) is 5.26 Å². The van der Waals surface area contributed by atoms with Crippen LogP contribution in [0.4, 0.5) is 11.4 Å². The van der Waals surface area contributed by atoms with Gasteiger partial charge in [0.05, 0.1) is 87.0 Å². The molecule has 340 valence electrons. The molecule has 2 aliphatic carbocycles. The molecule has 8 rings (SSSR count). The van der Waals surface area contributed by atoms with Crippen molar-refractivity contribution in [1.82, 2.24) is 40.6 Å². The number of anilines is 2. The lowest BCUT2D eigenvalue weighted by Crippen LogP contribution is -2.54. The molecule has 65 heavy (non-hydrogen) atoms. The van der Waals surface area contributed by atoms with Gasteiger partial charge in [0.1, 0.15) is 12.1 Å². The monoisotopic (exact) mass is 891 g/mol. The van der Waals surface area contributed by atoms with Crippen molar-refractivity contribution in [3.05, 3.63) is 71.2 Å². The number of nitrogens with one attached hydrogen (secondary N) is 5. The van der Waals surface area contributed by atoms with Gasteiger partial charge in [0.15, 0.2) is 11.5 Å². The summed E-state index contributed by atoms with van der Waals surface area (Å²) in [6, 6.07) is 9.56. The van der Waals surface area contributed by atoms with E-state index < -0.39 is 29.7 Å². The Kier molecular flexibility index (Phi) is 14.3. The van der Waals surface area contributed by atoms with E-state index in [0.717, 1.165) is 17.7 Å². The number of carbonyl (C=O) groups excluding carboxylic acids is 6. The second-order valence-electron chi connectivity index (χ2n) is 16.0. The highest BCUT2D eigenvalue weighted by atomic mass is 16.6. The molecule has 2 aliphatic heterocycles. The first-order valence-corrected chi connectivity index (χ1v) is 21.7. The van der Waals surface area contributed by atoms with E-state index in [0.29, 0.717) is 118 Å². The SMILES string of the molecule is N#Cc1cnc2c(cnn2-c2cc(NC3CC3)c(C(=O)NC3CC(C(=O)NCCOCCOCCOCCOCCNc4cccc5c4C(=O)N(C4CCC(=O)NC4=O)C5=O)C3)cn2)c1. The first-order chi connectivity index (χ1) is 31.7. The Morgan fingerprint density at radius 2 is 1.54 bits per heavy atom. The molecule has 5 heterocycles. The maximum Gasteiger partial charge on any atom is 0.264 e. The molecule has 4 aliphatic rings. The van der Waals surface area contributed by atoms with Gasteiger partial charge in [0.25, 0.3) is 17.7 Å². The number of hydrogen-bond donors (Lipinski definition) is 5.